The lowest BCUT2D eigenvalue weighted by Gasteiger charge is -2.20. The van der Waals surface area contributed by atoms with Crippen LogP contribution >= 0.6 is 0 Å². The van der Waals surface area contributed by atoms with Crippen LogP contribution in [0.1, 0.15) is 31.5 Å². The molecule has 0 aliphatic carbocycles. The Morgan fingerprint density at radius 3 is 2.57 bits per heavy atom. The number of nitrogens with one attached hydrogen (secondary N) is 2. The van der Waals surface area contributed by atoms with Crippen LogP contribution < -0.4 is 16.0 Å². The minimum absolute atomic E-state index is 0.129. The lowest BCUT2D eigenvalue weighted by Crippen LogP contribution is -2.42. The summed E-state index contributed by atoms with van der Waals surface area (Å²) in [4.78, 5) is 17.7. The molecule has 0 spiro atoms. The number of H-pyrrole nitrogens is 1. The highest BCUT2D eigenvalue weighted by atomic mass is 32.2. The van der Waals surface area contributed by atoms with Gasteiger partial charge in [-0.1, -0.05) is 12.8 Å². The number of hydrogen-bond donors (Lipinski definition) is 3. The van der Waals surface area contributed by atoms with E-state index in [0.717, 1.165) is 25.7 Å². The van der Waals surface area contributed by atoms with Crippen molar-refractivity contribution in [1.82, 2.24) is 19.0 Å². The molecule has 0 atom stereocenters. The average molecular weight is 315 g/mol. The molecule has 118 valence electrons. The topological polar surface area (TPSA) is 121 Å². The van der Waals surface area contributed by atoms with Crippen LogP contribution in [0.4, 0.5) is 5.82 Å². The van der Waals surface area contributed by atoms with Gasteiger partial charge in [-0.3, -0.25) is 4.79 Å². The fraction of sp³-hybridized carbons (Fsp3) is 0.667. The van der Waals surface area contributed by atoms with E-state index in [-0.39, 0.29) is 24.3 Å². The molecule has 21 heavy (non-hydrogen) atoms. The van der Waals surface area contributed by atoms with E-state index in [0.29, 0.717) is 18.9 Å². The zero-order valence-electron chi connectivity index (χ0n) is 11.8. The maximum Gasteiger partial charge on any atom is 0.279 e. The molecule has 4 N–H and O–H groups in total. The lowest BCUT2D eigenvalue weighted by molar-refractivity contribution is 0.415. The van der Waals surface area contributed by atoms with Gasteiger partial charge in [-0.25, -0.2) is 9.71 Å². The summed E-state index contributed by atoms with van der Waals surface area (Å²) in [5, 5.41) is 0. The van der Waals surface area contributed by atoms with E-state index < -0.39 is 10.2 Å². The molecule has 0 radical (unpaired) electrons. The van der Waals surface area contributed by atoms with Gasteiger partial charge in [0.2, 0.25) is 0 Å². The summed E-state index contributed by atoms with van der Waals surface area (Å²) in [6, 6.07) is 1.19. The summed E-state index contributed by atoms with van der Waals surface area (Å²) in [5.74, 6) is 0.502. The fourth-order valence-corrected chi connectivity index (χ4v) is 3.60. The second-order valence-corrected chi connectivity index (χ2v) is 6.83. The van der Waals surface area contributed by atoms with Gasteiger partial charge in [-0.05, 0) is 12.8 Å². The zero-order chi connectivity index (χ0) is 15.3. The van der Waals surface area contributed by atoms with Crippen LogP contribution in [0.2, 0.25) is 0 Å². The van der Waals surface area contributed by atoms with Gasteiger partial charge in [0.25, 0.3) is 15.8 Å². The molecule has 0 bridgehead atoms. The molecule has 8 nitrogen and oxygen atoms in total. The van der Waals surface area contributed by atoms with Crippen molar-refractivity contribution >= 4 is 16.0 Å². The van der Waals surface area contributed by atoms with Gasteiger partial charge < -0.3 is 10.7 Å². The van der Waals surface area contributed by atoms with Crippen molar-refractivity contribution in [2.75, 3.05) is 25.4 Å². The molecule has 1 fully saturated rings. The Bertz CT molecular complexity index is 620. The number of nitrogens with two attached hydrogens (primary N) is 1. The van der Waals surface area contributed by atoms with E-state index >= 15 is 0 Å². The Hall–Kier alpha value is -1.45. The molecule has 1 aliphatic heterocycles. The maximum atomic E-state index is 12.2. The number of rotatable bonds is 5. The maximum absolute atomic E-state index is 12.2. The van der Waals surface area contributed by atoms with Gasteiger partial charge in [-0.15, -0.1) is 0 Å². The van der Waals surface area contributed by atoms with E-state index in [4.69, 9.17) is 5.73 Å². The molecule has 0 saturated carbocycles. The molecule has 2 rings (SSSR count). The van der Waals surface area contributed by atoms with Gasteiger partial charge in [0, 0.05) is 32.1 Å². The first-order valence-corrected chi connectivity index (χ1v) is 8.52. The lowest BCUT2D eigenvalue weighted by atomic mass is 10.2. The Morgan fingerprint density at radius 2 is 1.95 bits per heavy atom. The van der Waals surface area contributed by atoms with Crippen molar-refractivity contribution in [3.05, 3.63) is 22.2 Å². The molecule has 1 aromatic heterocycles. The van der Waals surface area contributed by atoms with Crippen molar-refractivity contribution < 1.29 is 8.42 Å². The van der Waals surface area contributed by atoms with Gasteiger partial charge in [0.1, 0.15) is 11.6 Å². The van der Waals surface area contributed by atoms with Gasteiger partial charge in [0.15, 0.2) is 0 Å². The number of nitrogens with zero attached hydrogens (tertiary/aromatic N) is 2. The van der Waals surface area contributed by atoms with E-state index in [1.807, 2.05) is 0 Å². The largest absolute Gasteiger partial charge is 0.383 e. The molecule has 1 aromatic rings. The van der Waals surface area contributed by atoms with Crippen LogP contribution in [0.15, 0.2) is 10.9 Å². The number of anilines is 1. The van der Waals surface area contributed by atoms with Crippen molar-refractivity contribution in [1.29, 1.82) is 0 Å². The molecule has 9 heteroatoms. The normalized spacial score (nSPS) is 17.5. The first-order chi connectivity index (χ1) is 9.97. The third-order valence-corrected chi connectivity index (χ3v) is 4.98. The fourth-order valence-electron chi connectivity index (χ4n) is 2.32. The van der Waals surface area contributed by atoms with Gasteiger partial charge in [-0.2, -0.15) is 12.7 Å². The summed E-state index contributed by atoms with van der Waals surface area (Å²) in [6.45, 7) is 1.29. The van der Waals surface area contributed by atoms with Crippen molar-refractivity contribution in [2.45, 2.75) is 32.1 Å². The predicted molar refractivity (Wildman–Crippen MR) is 79.9 cm³/mol. The van der Waals surface area contributed by atoms with Gasteiger partial charge in [0.05, 0.1) is 0 Å². The van der Waals surface area contributed by atoms with Crippen LogP contribution in [0.5, 0.6) is 0 Å². The highest BCUT2D eigenvalue weighted by Gasteiger charge is 2.22. The third kappa shape index (κ3) is 4.80. The minimum Gasteiger partial charge on any atom is -0.383 e. The van der Waals surface area contributed by atoms with Crippen molar-refractivity contribution in [3.8, 4) is 0 Å². The smallest absolute Gasteiger partial charge is 0.279 e. The van der Waals surface area contributed by atoms with E-state index in [1.54, 1.807) is 0 Å². The van der Waals surface area contributed by atoms with Crippen LogP contribution in [0.3, 0.4) is 0 Å². The summed E-state index contributed by atoms with van der Waals surface area (Å²) < 4.78 is 28.3. The Morgan fingerprint density at radius 1 is 1.29 bits per heavy atom. The Labute approximate surface area is 123 Å². The highest BCUT2D eigenvalue weighted by Crippen LogP contribution is 2.12. The van der Waals surface area contributed by atoms with Crippen LogP contribution in [0, 0.1) is 0 Å². The number of aromatic nitrogens is 2. The number of nitrogen functional groups attached to an aromatic ring is 1. The molecular formula is C12H21N5O3S. The second-order valence-electron chi connectivity index (χ2n) is 5.08. The van der Waals surface area contributed by atoms with Crippen LogP contribution in [0.25, 0.3) is 0 Å². The second kappa shape index (κ2) is 7.01. The summed E-state index contributed by atoms with van der Waals surface area (Å²) in [6.07, 6.45) is 4.21. The highest BCUT2D eigenvalue weighted by molar-refractivity contribution is 7.87. The molecule has 1 aliphatic rings. The molecule has 0 aromatic carbocycles. The Balaban J connectivity index is 1.90. The monoisotopic (exact) mass is 315 g/mol. The van der Waals surface area contributed by atoms with E-state index in [9.17, 15) is 13.2 Å². The Kier molecular flexibility index (Phi) is 5.32. The van der Waals surface area contributed by atoms with E-state index in [2.05, 4.69) is 14.7 Å². The molecule has 1 saturated heterocycles. The summed E-state index contributed by atoms with van der Waals surface area (Å²) in [7, 11) is -3.46. The molecule has 2 heterocycles. The standard InChI is InChI=1S/C12H21N5O3S/c13-10-9-12(18)16-11(15-10)5-6-14-21(19,20)17-7-3-1-2-4-8-17/h9,14H,1-8H2,(H3,13,15,16,18). The SMILES string of the molecule is Nc1cc(=O)[nH]c(CCNS(=O)(=O)N2CCCCCC2)n1. The van der Waals surface area contributed by atoms with Crippen LogP contribution in [-0.2, 0) is 16.6 Å². The summed E-state index contributed by atoms with van der Waals surface area (Å²) in [5.41, 5.74) is 5.13. The number of aromatic amines is 1. The van der Waals surface area contributed by atoms with Crippen molar-refractivity contribution in [2.24, 2.45) is 0 Å². The quantitative estimate of drug-likeness (QED) is 0.683. The summed E-state index contributed by atoms with van der Waals surface area (Å²) >= 11 is 0. The third-order valence-electron chi connectivity index (χ3n) is 3.36. The van der Waals surface area contributed by atoms with Gasteiger partial charge >= 0.3 is 0 Å². The van der Waals surface area contributed by atoms with Crippen LogP contribution in [-0.4, -0.2) is 42.3 Å². The van der Waals surface area contributed by atoms with Crippen molar-refractivity contribution in [3.63, 3.8) is 0 Å². The zero-order valence-corrected chi connectivity index (χ0v) is 12.7. The predicted octanol–water partition coefficient (Wildman–Crippen LogP) is -0.395. The molecule has 0 amide bonds. The minimum atomic E-state index is -3.46. The van der Waals surface area contributed by atoms with E-state index in [1.165, 1.54) is 10.4 Å². The first kappa shape index (κ1) is 15.9. The average Bonchev–Trinajstić information content (AvgIpc) is 2.66. The first-order valence-electron chi connectivity index (χ1n) is 7.08. The number of hydrogen-bond acceptors (Lipinski definition) is 5. The molecule has 0 unspecified atom stereocenters. The molecular weight excluding hydrogens is 294 g/mol.